The van der Waals surface area contributed by atoms with Gasteiger partial charge in [0.1, 0.15) is 0 Å². The quantitative estimate of drug-likeness (QED) is 0.714. The number of hydrogen-bond donors (Lipinski definition) is 1. The summed E-state index contributed by atoms with van der Waals surface area (Å²) < 4.78 is 0. The van der Waals surface area contributed by atoms with Crippen LogP contribution in [0.1, 0.15) is 73.1 Å². The predicted octanol–water partition coefficient (Wildman–Crippen LogP) is 4.06. The molecule has 1 aliphatic rings. The zero-order valence-corrected chi connectivity index (χ0v) is 14.0. The fourth-order valence-corrected chi connectivity index (χ4v) is 3.60. The minimum absolute atomic E-state index is 0.648. The summed E-state index contributed by atoms with van der Waals surface area (Å²) in [5.74, 6) is 0. The van der Waals surface area contributed by atoms with E-state index in [4.69, 9.17) is 0 Å². The van der Waals surface area contributed by atoms with Gasteiger partial charge in [0, 0.05) is 12.1 Å². The van der Waals surface area contributed by atoms with Crippen molar-refractivity contribution < 1.29 is 0 Å². The number of piperidine rings is 1. The highest BCUT2D eigenvalue weighted by Crippen LogP contribution is 2.38. The van der Waals surface area contributed by atoms with Crippen molar-refractivity contribution in [3.05, 3.63) is 0 Å². The van der Waals surface area contributed by atoms with E-state index < -0.39 is 0 Å². The lowest BCUT2D eigenvalue weighted by atomic mass is 9.74. The monoisotopic (exact) mass is 268 g/mol. The first-order valence-electron chi connectivity index (χ1n) is 8.59. The van der Waals surface area contributed by atoms with Crippen molar-refractivity contribution in [1.29, 1.82) is 0 Å². The van der Waals surface area contributed by atoms with Gasteiger partial charge in [0.25, 0.3) is 0 Å². The summed E-state index contributed by atoms with van der Waals surface area (Å²) in [5.41, 5.74) is 0.648. The van der Waals surface area contributed by atoms with Crippen LogP contribution in [0.4, 0.5) is 0 Å². The highest BCUT2D eigenvalue weighted by atomic mass is 15.2. The second-order valence-corrected chi connectivity index (χ2v) is 6.45. The van der Waals surface area contributed by atoms with Crippen molar-refractivity contribution >= 4 is 0 Å². The molecule has 19 heavy (non-hydrogen) atoms. The molecule has 0 aromatic heterocycles. The lowest BCUT2D eigenvalue weighted by molar-refractivity contribution is 0.0579. The SMILES string of the molecule is CCCNC(CC)C(C)N1CCC(CC)(CC)CC1. The maximum Gasteiger partial charge on any atom is 0.0220 e. The summed E-state index contributed by atoms with van der Waals surface area (Å²) in [4.78, 5) is 2.72. The average molecular weight is 268 g/mol. The van der Waals surface area contributed by atoms with Crippen molar-refractivity contribution in [3.63, 3.8) is 0 Å². The van der Waals surface area contributed by atoms with Gasteiger partial charge in [-0.3, -0.25) is 4.90 Å². The van der Waals surface area contributed by atoms with Gasteiger partial charge in [-0.2, -0.15) is 0 Å². The second-order valence-electron chi connectivity index (χ2n) is 6.45. The number of rotatable bonds is 8. The van der Waals surface area contributed by atoms with Gasteiger partial charge in [-0.05, 0) is 57.7 Å². The summed E-state index contributed by atoms with van der Waals surface area (Å²) in [6, 6.07) is 1.35. The Morgan fingerprint density at radius 1 is 1.05 bits per heavy atom. The van der Waals surface area contributed by atoms with Gasteiger partial charge in [-0.25, -0.2) is 0 Å². The van der Waals surface area contributed by atoms with Gasteiger partial charge in [0.15, 0.2) is 0 Å². The van der Waals surface area contributed by atoms with Crippen LogP contribution in [-0.2, 0) is 0 Å². The normalized spacial score (nSPS) is 23.2. The molecule has 0 aliphatic carbocycles. The molecule has 1 fully saturated rings. The van der Waals surface area contributed by atoms with Crippen molar-refractivity contribution in [2.45, 2.75) is 85.2 Å². The molecule has 2 heteroatoms. The zero-order chi connectivity index (χ0) is 14.3. The standard InChI is InChI=1S/C17H36N2/c1-6-12-18-16(7-2)15(5)19-13-10-17(8-3,9-4)11-14-19/h15-16,18H,6-14H2,1-5H3. The maximum absolute atomic E-state index is 3.72. The molecule has 1 heterocycles. The molecule has 0 aromatic rings. The second kappa shape index (κ2) is 8.26. The molecule has 1 rings (SSSR count). The summed E-state index contributed by atoms with van der Waals surface area (Å²) in [6.45, 7) is 15.5. The van der Waals surface area contributed by atoms with E-state index in [0.29, 0.717) is 17.5 Å². The van der Waals surface area contributed by atoms with E-state index in [-0.39, 0.29) is 0 Å². The molecule has 114 valence electrons. The van der Waals surface area contributed by atoms with Crippen LogP contribution in [0.2, 0.25) is 0 Å². The van der Waals surface area contributed by atoms with Gasteiger partial charge in [0.2, 0.25) is 0 Å². The molecule has 0 saturated carbocycles. The maximum atomic E-state index is 3.72. The van der Waals surface area contributed by atoms with Crippen LogP contribution < -0.4 is 5.32 Å². The third kappa shape index (κ3) is 4.46. The Balaban J connectivity index is 2.48. The Kier molecular flexibility index (Phi) is 7.38. The van der Waals surface area contributed by atoms with E-state index in [9.17, 15) is 0 Å². The number of likely N-dealkylation sites (tertiary alicyclic amines) is 1. The van der Waals surface area contributed by atoms with E-state index in [1.165, 1.54) is 51.6 Å². The van der Waals surface area contributed by atoms with E-state index in [2.05, 4.69) is 44.8 Å². The van der Waals surface area contributed by atoms with Crippen molar-refractivity contribution in [3.8, 4) is 0 Å². The van der Waals surface area contributed by atoms with Crippen molar-refractivity contribution in [1.82, 2.24) is 10.2 Å². The average Bonchev–Trinajstić information content (AvgIpc) is 2.48. The summed E-state index contributed by atoms with van der Waals surface area (Å²) in [7, 11) is 0. The molecule has 2 nitrogen and oxygen atoms in total. The summed E-state index contributed by atoms with van der Waals surface area (Å²) in [6.07, 6.45) is 7.99. The Bertz CT molecular complexity index is 225. The Hall–Kier alpha value is -0.0800. The van der Waals surface area contributed by atoms with Gasteiger partial charge < -0.3 is 5.32 Å². The van der Waals surface area contributed by atoms with Crippen LogP contribution in [-0.4, -0.2) is 36.6 Å². The first-order chi connectivity index (χ1) is 9.12. The lowest BCUT2D eigenvalue weighted by Crippen LogP contribution is -2.52. The van der Waals surface area contributed by atoms with Gasteiger partial charge in [-0.1, -0.05) is 40.5 Å². The molecule has 1 aliphatic heterocycles. The van der Waals surface area contributed by atoms with Crippen LogP contribution >= 0.6 is 0 Å². The first kappa shape index (κ1) is 17.0. The van der Waals surface area contributed by atoms with Crippen LogP contribution in [0.15, 0.2) is 0 Å². The van der Waals surface area contributed by atoms with E-state index in [0.717, 1.165) is 6.54 Å². The summed E-state index contributed by atoms with van der Waals surface area (Å²) in [5, 5.41) is 3.72. The number of nitrogens with one attached hydrogen (secondary N) is 1. The summed E-state index contributed by atoms with van der Waals surface area (Å²) >= 11 is 0. The molecule has 1 saturated heterocycles. The van der Waals surface area contributed by atoms with Crippen LogP contribution in [0.5, 0.6) is 0 Å². The Morgan fingerprint density at radius 3 is 2.05 bits per heavy atom. The lowest BCUT2D eigenvalue weighted by Gasteiger charge is -2.45. The molecule has 2 unspecified atom stereocenters. The molecule has 1 N–H and O–H groups in total. The number of nitrogens with zero attached hydrogens (tertiary/aromatic N) is 1. The molecular formula is C17H36N2. The van der Waals surface area contributed by atoms with E-state index in [1.54, 1.807) is 0 Å². The third-order valence-corrected chi connectivity index (χ3v) is 5.61. The Labute approximate surface area is 121 Å². The number of hydrogen-bond acceptors (Lipinski definition) is 2. The van der Waals surface area contributed by atoms with Gasteiger partial charge in [-0.15, -0.1) is 0 Å². The fourth-order valence-electron chi connectivity index (χ4n) is 3.60. The first-order valence-corrected chi connectivity index (χ1v) is 8.59. The third-order valence-electron chi connectivity index (χ3n) is 5.61. The van der Waals surface area contributed by atoms with Crippen LogP contribution in [0.25, 0.3) is 0 Å². The van der Waals surface area contributed by atoms with Crippen molar-refractivity contribution in [2.75, 3.05) is 19.6 Å². The molecular weight excluding hydrogens is 232 g/mol. The highest BCUT2D eigenvalue weighted by molar-refractivity contribution is 4.88. The van der Waals surface area contributed by atoms with E-state index in [1.807, 2.05) is 0 Å². The van der Waals surface area contributed by atoms with Gasteiger partial charge >= 0.3 is 0 Å². The molecule has 0 radical (unpaired) electrons. The zero-order valence-electron chi connectivity index (χ0n) is 14.0. The van der Waals surface area contributed by atoms with Gasteiger partial charge in [0.05, 0.1) is 0 Å². The molecule has 0 bridgehead atoms. The molecule has 2 atom stereocenters. The Morgan fingerprint density at radius 2 is 1.63 bits per heavy atom. The van der Waals surface area contributed by atoms with Crippen molar-refractivity contribution in [2.24, 2.45) is 5.41 Å². The predicted molar refractivity (Wildman–Crippen MR) is 85.7 cm³/mol. The minimum atomic E-state index is 0.648. The van der Waals surface area contributed by atoms with Crippen LogP contribution in [0, 0.1) is 5.41 Å². The molecule has 0 spiro atoms. The molecule has 0 aromatic carbocycles. The largest absolute Gasteiger partial charge is 0.312 e. The minimum Gasteiger partial charge on any atom is -0.312 e. The smallest absolute Gasteiger partial charge is 0.0220 e. The fraction of sp³-hybridized carbons (Fsp3) is 1.00. The topological polar surface area (TPSA) is 15.3 Å². The van der Waals surface area contributed by atoms with Crippen LogP contribution in [0.3, 0.4) is 0 Å². The molecule has 0 amide bonds. The highest BCUT2D eigenvalue weighted by Gasteiger charge is 2.33. The van der Waals surface area contributed by atoms with E-state index >= 15 is 0 Å².